The van der Waals surface area contributed by atoms with E-state index < -0.39 is 0 Å². The molecule has 1 N–H and O–H groups in total. The maximum absolute atomic E-state index is 5.78. The number of para-hydroxylation sites is 1. The number of H-pyrrole nitrogens is 1. The van der Waals surface area contributed by atoms with Crippen molar-refractivity contribution < 1.29 is 4.74 Å². The molecule has 0 spiro atoms. The summed E-state index contributed by atoms with van der Waals surface area (Å²) in [5, 5.41) is 1.30. The van der Waals surface area contributed by atoms with Crippen molar-refractivity contribution in [2.45, 2.75) is 25.8 Å². The fraction of sp³-hybridized carbons (Fsp3) is 0.222. The predicted molar refractivity (Wildman–Crippen MR) is 131 cm³/mol. The Bertz CT molecular complexity index is 1530. The molecule has 0 saturated carbocycles. The first-order valence-electron chi connectivity index (χ1n) is 11.7. The van der Waals surface area contributed by atoms with E-state index in [2.05, 4.69) is 57.3 Å². The number of aryl methyl sites for hydroxylation is 1. The number of anilines is 1. The lowest BCUT2D eigenvalue weighted by Gasteiger charge is -2.36. The molecule has 3 aromatic heterocycles. The summed E-state index contributed by atoms with van der Waals surface area (Å²) in [6, 6.07) is 17.1. The van der Waals surface area contributed by atoms with E-state index in [9.17, 15) is 0 Å². The van der Waals surface area contributed by atoms with Gasteiger partial charge in [0.2, 0.25) is 5.95 Å². The molecule has 7 rings (SSSR count). The number of nitrogens with one attached hydrogen (secondary N) is 1. The molecule has 2 aliphatic heterocycles. The van der Waals surface area contributed by atoms with Crippen molar-refractivity contribution in [1.82, 2.24) is 24.5 Å². The summed E-state index contributed by atoms with van der Waals surface area (Å²) in [7, 11) is 0. The van der Waals surface area contributed by atoms with Crippen LogP contribution in [0.4, 0.5) is 5.95 Å². The lowest BCUT2D eigenvalue weighted by atomic mass is 9.91. The first-order chi connectivity index (χ1) is 16.8. The number of aromatic nitrogens is 5. The molecule has 2 aromatic carbocycles. The van der Waals surface area contributed by atoms with Crippen LogP contribution in [0.2, 0.25) is 0 Å². The van der Waals surface area contributed by atoms with Crippen molar-refractivity contribution in [3.8, 4) is 11.6 Å². The molecule has 168 valence electrons. The third-order valence-electron chi connectivity index (χ3n) is 7.02. The first kappa shape index (κ1) is 19.3. The number of benzene rings is 2. The second kappa shape index (κ2) is 7.45. The Hall–Kier alpha value is -4.13. The Balaban J connectivity index is 1.40. The van der Waals surface area contributed by atoms with Crippen LogP contribution in [0.5, 0.6) is 5.75 Å². The van der Waals surface area contributed by atoms with Crippen molar-refractivity contribution >= 4 is 16.9 Å². The van der Waals surface area contributed by atoms with E-state index in [0.717, 1.165) is 49.3 Å². The number of fused-ring (bicyclic) bond motifs is 4. The zero-order valence-electron chi connectivity index (χ0n) is 18.9. The van der Waals surface area contributed by atoms with Gasteiger partial charge in [0, 0.05) is 48.2 Å². The quantitative estimate of drug-likeness (QED) is 0.439. The molecule has 0 aliphatic carbocycles. The maximum Gasteiger partial charge on any atom is 0.228 e. The first-order valence-corrected chi connectivity index (χ1v) is 11.7. The highest BCUT2D eigenvalue weighted by Crippen LogP contribution is 2.41. The normalized spacial score (nSPS) is 17.0. The molecule has 0 bridgehead atoms. The number of rotatable bonds is 3. The average molecular weight is 449 g/mol. The van der Waals surface area contributed by atoms with Crippen LogP contribution < -0.4 is 9.64 Å². The van der Waals surface area contributed by atoms with E-state index >= 15 is 0 Å². The zero-order valence-corrected chi connectivity index (χ0v) is 18.9. The predicted octanol–water partition coefficient (Wildman–Crippen LogP) is 4.54. The molecule has 5 aromatic rings. The lowest BCUT2D eigenvalue weighted by molar-refractivity contribution is 0.357. The van der Waals surface area contributed by atoms with Crippen LogP contribution in [0.1, 0.15) is 34.3 Å². The Morgan fingerprint density at radius 2 is 1.97 bits per heavy atom. The summed E-state index contributed by atoms with van der Waals surface area (Å²) in [5.41, 5.74) is 6.27. The van der Waals surface area contributed by atoms with Crippen molar-refractivity contribution in [3.63, 3.8) is 0 Å². The SMILES string of the molecule is Cc1nccn1-c1ccnc(N2CCc3c([nH]c4ccccc34)C2c2ccc3c(c2)CCO3)n1. The minimum atomic E-state index is -0.0128. The van der Waals surface area contributed by atoms with Crippen LogP contribution in [0.25, 0.3) is 16.7 Å². The number of hydrogen-bond acceptors (Lipinski definition) is 5. The summed E-state index contributed by atoms with van der Waals surface area (Å²) in [6.45, 7) is 3.56. The van der Waals surface area contributed by atoms with Crippen LogP contribution in [0.3, 0.4) is 0 Å². The van der Waals surface area contributed by atoms with Crippen LogP contribution in [0, 0.1) is 6.92 Å². The molecule has 34 heavy (non-hydrogen) atoms. The van der Waals surface area contributed by atoms with Gasteiger partial charge in [-0.1, -0.05) is 24.3 Å². The molecule has 2 aliphatic rings. The summed E-state index contributed by atoms with van der Waals surface area (Å²) in [6.07, 6.45) is 7.45. The molecule has 1 unspecified atom stereocenters. The summed E-state index contributed by atoms with van der Waals surface area (Å²) in [5.74, 6) is 3.44. The smallest absolute Gasteiger partial charge is 0.228 e. The number of nitrogens with zero attached hydrogens (tertiary/aromatic N) is 5. The van der Waals surface area contributed by atoms with Gasteiger partial charge in [0.1, 0.15) is 17.4 Å². The molecule has 0 saturated heterocycles. The number of imidazole rings is 1. The van der Waals surface area contributed by atoms with E-state index in [4.69, 9.17) is 14.7 Å². The van der Waals surface area contributed by atoms with Gasteiger partial charge in [-0.05, 0) is 54.3 Å². The third-order valence-corrected chi connectivity index (χ3v) is 7.02. The van der Waals surface area contributed by atoms with E-state index in [0.29, 0.717) is 0 Å². The Morgan fingerprint density at radius 3 is 2.88 bits per heavy atom. The van der Waals surface area contributed by atoms with Gasteiger partial charge in [-0.25, -0.2) is 9.97 Å². The van der Waals surface area contributed by atoms with Gasteiger partial charge >= 0.3 is 0 Å². The molecule has 0 radical (unpaired) electrons. The highest BCUT2D eigenvalue weighted by Gasteiger charge is 2.34. The third kappa shape index (κ3) is 2.93. The maximum atomic E-state index is 5.78. The lowest BCUT2D eigenvalue weighted by Crippen LogP contribution is -2.37. The fourth-order valence-electron chi connectivity index (χ4n) is 5.41. The van der Waals surface area contributed by atoms with Gasteiger partial charge in [-0.2, -0.15) is 4.98 Å². The Morgan fingerprint density at radius 1 is 1.03 bits per heavy atom. The van der Waals surface area contributed by atoms with E-state index in [1.165, 1.54) is 33.3 Å². The van der Waals surface area contributed by atoms with E-state index in [-0.39, 0.29) is 6.04 Å². The van der Waals surface area contributed by atoms with Crippen molar-refractivity contribution in [2.24, 2.45) is 0 Å². The molecular formula is C27H24N6O. The van der Waals surface area contributed by atoms with Crippen LogP contribution >= 0.6 is 0 Å². The van der Waals surface area contributed by atoms with E-state index in [1.54, 1.807) is 6.20 Å². The van der Waals surface area contributed by atoms with Crippen LogP contribution in [-0.2, 0) is 12.8 Å². The van der Waals surface area contributed by atoms with E-state index in [1.807, 2.05) is 30.0 Å². The molecule has 0 amide bonds. The van der Waals surface area contributed by atoms with Crippen LogP contribution in [0.15, 0.2) is 67.1 Å². The summed E-state index contributed by atoms with van der Waals surface area (Å²) < 4.78 is 7.77. The highest BCUT2D eigenvalue weighted by atomic mass is 16.5. The topological polar surface area (TPSA) is 71.9 Å². The molecule has 7 heteroatoms. The molecule has 1 atom stereocenters. The Labute approximate surface area is 197 Å². The minimum absolute atomic E-state index is 0.0128. The van der Waals surface area contributed by atoms with Gasteiger partial charge in [-0.3, -0.25) is 4.57 Å². The minimum Gasteiger partial charge on any atom is -0.493 e. The van der Waals surface area contributed by atoms with Gasteiger partial charge in [0.25, 0.3) is 0 Å². The largest absolute Gasteiger partial charge is 0.493 e. The van der Waals surface area contributed by atoms with Crippen molar-refractivity contribution in [2.75, 3.05) is 18.1 Å². The molecular weight excluding hydrogens is 424 g/mol. The zero-order chi connectivity index (χ0) is 22.6. The average Bonchev–Trinajstić information content (AvgIpc) is 3.61. The van der Waals surface area contributed by atoms with Gasteiger partial charge in [-0.15, -0.1) is 0 Å². The monoisotopic (exact) mass is 448 g/mol. The second-order valence-corrected chi connectivity index (χ2v) is 8.93. The van der Waals surface area contributed by atoms with Gasteiger partial charge < -0.3 is 14.6 Å². The van der Waals surface area contributed by atoms with Crippen LogP contribution in [-0.4, -0.2) is 37.7 Å². The summed E-state index contributed by atoms with van der Waals surface area (Å²) in [4.78, 5) is 20.1. The van der Waals surface area contributed by atoms with Crippen molar-refractivity contribution in [1.29, 1.82) is 0 Å². The number of hydrogen-bond donors (Lipinski definition) is 1. The van der Waals surface area contributed by atoms with Crippen molar-refractivity contribution in [3.05, 3.63) is 95.3 Å². The number of ether oxygens (including phenoxy) is 1. The highest BCUT2D eigenvalue weighted by molar-refractivity contribution is 5.85. The standard InChI is InChI=1S/C27H24N6O/c1-17-28-12-14-32(17)24-8-11-29-27(31-24)33-13-9-21-20-4-2-3-5-22(20)30-25(21)26(33)19-6-7-23-18(16-19)10-15-34-23/h2-8,11-12,14,16,26,30H,9-10,13,15H2,1H3. The van der Waals surface area contributed by atoms with Gasteiger partial charge in [0.15, 0.2) is 0 Å². The number of aromatic amines is 1. The Kier molecular flexibility index (Phi) is 4.24. The second-order valence-electron chi connectivity index (χ2n) is 8.93. The molecule has 7 nitrogen and oxygen atoms in total. The molecule has 5 heterocycles. The molecule has 0 fully saturated rings. The summed E-state index contributed by atoms with van der Waals surface area (Å²) >= 11 is 0. The van der Waals surface area contributed by atoms with Gasteiger partial charge in [0.05, 0.1) is 12.6 Å². The fourth-order valence-corrected chi connectivity index (χ4v) is 5.41.